The highest BCUT2D eigenvalue weighted by molar-refractivity contribution is 7.90. The van der Waals surface area contributed by atoms with E-state index in [9.17, 15) is 13.5 Å². The van der Waals surface area contributed by atoms with E-state index in [0.29, 0.717) is 11.9 Å². The zero-order valence-electron chi connectivity index (χ0n) is 17.6. The number of aliphatic hydroxyl groups is 1. The summed E-state index contributed by atoms with van der Waals surface area (Å²) >= 11 is 0. The molecule has 4 nitrogen and oxygen atoms in total. The Morgan fingerprint density at radius 2 is 1.58 bits per heavy atom. The largest absolute Gasteiger partial charge is 0.395 e. The smallest absolute Gasteiger partial charge is 0.268 e. The molecule has 31 heavy (non-hydrogen) atoms. The Balaban J connectivity index is 1.76. The maximum atomic E-state index is 13.9. The molecule has 2 atom stereocenters. The maximum absolute atomic E-state index is 13.9. The minimum Gasteiger partial charge on any atom is -0.395 e. The molecule has 1 saturated carbocycles. The van der Waals surface area contributed by atoms with Crippen LogP contribution in [0.25, 0.3) is 10.9 Å². The molecule has 158 valence electrons. The zero-order chi connectivity index (χ0) is 21.8. The predicted molar refractivity (Wildman–Crippen MR) is 123 cm³/mol. The van der Waals surface area contributed by atoms with Crippen LogP contribution in [0.15, 0.2) is 83.8 Å². The Bertz CT molecular complexity index is 1370. The van der Waals surface area contributed by atoms with E-state index in [1.807, 2.05) is 80.6 Å². The van der Waals surface area contributed by atoms with E-state index < -0.39 is 15.4 Å². The van der Waals surface area contributed by atoms with Crippen LogP contribution in [-0.4, -0.2) is 24.1 Å². The van der Waals surface area contributed by atoms with Gasteiger partial charge in [0.05, 0.1) is 17.0 Å². The molecule has 0 radical (unpaired) electrons. The van der Waals surface area contributed by atoms with Gasteiger partial charge in [-0.3, -0.25) is 0 Å². The molecule has 1 fully saturated rings. The highest BCUT2D eigenvalue weighted by Gasteiger charge is 2.58. The van der Waals surface area contributed by atoms with Gasteiger partial charge in [0.25, 0.3) is 10.0 Å². The predicted octanol–water partition coefficient (Wildman–Crippen LogP) is 4.91. The standard InChI is InChI=1S/C26H25NO3S/c1-18-12-14-21(15-13-18)31(29,30)27-24-11-7-6-10-22(24)19(2)25(27)23-16-26(23,17-28)20-8-4-3-5-9-20/h3-15,23,28H,16-17H2,1-2H3/t23?,26-/m1/s1. The number of aliphatic hydroxyl groups excluding tert-OH is 1. The van der Waals surface area contributed by atoms with Crippen LogP contribution in [-0.2, 0) is 15.4 Å². The maximum Gasteiger partial charge on any atom is 0.268 e. The number of hydrogen-bond acceptors (Lipinski definition) is 3. The molecule has 0 spiro atoms. The topological polar surface area (TPSA) is 59.3 Å². The molecule has 0 bridgehead atoms. The second kappa shape index (κ2) is 7.08. The molecular formula is C26H25NO3S. The van der Waals surface area contributed by atoms with Crippen molar-refractivity contribution in [3.8, 4) is 0 Å². The number of fused-ring (bicyclic) bond motifs is 1. The van der Waals surface area contributed by atoms with E-state index in [4.69, 9.17) is 0 Å². The Morgan fingerprint density at radius 3 is 2.26 bits per heavy atom. The molecule has 1 aromatic heterocycles. The minimum atomic E-state index is -3.80. The minimum absolute atomic E-state index is 0.0206. The van der Waals surface area contributed by atoms with Gasteiger partial charge in [0, 0.05) is 22.4 Å². The molecule has 1 N–H and O–H groups in total. The lowest BCUT2D eigenvalue weighted by Gasteiger charge is -2.18. The van der Waals surface area contributed by atoms with Crippen molar-refractivity contribution in [3.63, 3.8) is 0 Å². The summed E-state index contributed by atoms with van der Waals surface area (Å²) in [7, 11) is -3.80. The molecule has 4 aromatic rings. The summed E-state index contributed by atoms with van der Waals surface area (Å²) in [5.41, 5.74) is 4.02. The van der Waals surface area contributed by atoms with Crippen molar-refractivity contribution in [2.75, 3.05) is 6.61 Å². The summed E-state index contributed by atoms with van der Waals surface area (Å²) in [6.07, 6.45) is 0.716. The first kappa shape index (κ1) is 20.0. The van der Waals surface area contributed by atoms with Crippen molar-refractivity contribution in [2.24, 2.45) is 0 Å². The van der Waals surface area contributed by atoms with E-state index in [-0.39, 0.29) is 17.4 Å². The van der Waals surface area contributed by atoms with Crippen LogP contribution < -0.4 is 0 Å². The Labute approximate surface area is 182 Å². The van der Waals surface area contributed by atoms with Gasteiger partial charge in [-0.25, -0.2) is 12.4 Å². The van der Waals surface area contributed by atoms with Gasteiger partial charge < -0.3 is 5.11 Å². The zero-order valence-corrected chi connectivity index (χ0v) is 18.4. The lowest BCUT2D eigenvalue weighted by Crippen LogP contribution is -2.20. The van der Waals surface area contributed by atoms with Crippen LogP contribution in [0.3, 0.4) is 0 Å². The monoisotopic (exact) mass is 431 g/mol. The summed E-state index contributed by atoms with van der Waals surface area (Å²) in [6.45, 7) is 3.91. The second-order valence-electron chi connectivity index (χ2n) is 8.55. The molecule has 0 aliphatic heterocycles. The Morgan fingerprint density at radius 1 is 0.935 bits per heavy atom. The van der Waals surface area contributed by atoms with Crippen molar-refractivity contribution in [2.45, 2.75) is 36.5 Å². The van der Waals surface area contributed by atoms with Gasteiger partial charge in [-0.05, 0) is 49.6 Å². The van der Waals surface area contributed by atoms with Crippen molar-refractivity contribution >= 4 is 20.9 Å². The number of aromatic nitrogens is 1. The third-order valence-corrected chi connectivity index (χ3v) is 8.47. The molecule has 1 unspecified atom stereocenters. The van der Waals surface area contributed by atoms with E-state index in [2.05, 4.69) is 0 Å². The van der Waals surface area contributed by atoms with Gasteiger partial charge in [-0.15, -0.1) is 0 Å². The Hall–Kier alpha value is -2.89. The van der Waals surface area contributed by atoms with Gasteiger partial charge in [0.2, 0.25) is 0 Å². The number of benzene rings is 3. The molecule has 3 aromatic carbocycles. The summed E-state index contributed by atoms with van der Waals surface area (Å²) < 4.78 is 29.2. The number of rotatable bonds is 5. The van der Waals surface area contributed by atoms with Gasteiger partial charge >= 0.3 is 0 Å². The number of para-hydroxylation sites is 1. The summed E-state index contributed by atoms with van der Waals surface area (Å²) in [6, 6.07) is 24.6. The van der Waals surface area contributed by atoms with E-state index in [1.54, 1.807) is 12.1 Å². The lowest BCUT2D eigenvalue weighted by molar-refractivity contribution is 0.251. The quantitative estimate of drug-likeness (QED) is 0.488. The molecule has 1 heterocycles. The molecule has 1 aliphatic carbocycles. The molecular weight excluding hydrogens is 406 g/mol. The molecule has 0 amide bonds. The van der Waals surface area contributed by atoms with Crippen molar-refractivity contribution < 1.29 is 13.5 Å². The first-order valence-corrected chi connectivity index (χ1v) is 11.9. The second-order valence-corrected chi connectivity index (χ2v) is 10.3. The molecule has 1 aliphatic rings. The van der Waals surface area contributed by atoms with Crippen molar-refractivity contribution in [1.82, 2.24) is 3.97 Å². The fourth-order valence-electron chi connectivity index (χ4n) is 4.88. The normalized spacial score (nSPS) is 20.8. The van der Waals surface area contributed by atoms with Gasteiger partial charge in [-0.1, -0.05) is 66.2 Å². The summed E-state index contributed by atoms with van der Waals surface area (Å²) in [4.78, 5) is 0.273. The average Bonchev–Trinajstić information content (AvgIpc) is 3.45. The highest BCUT2D eigenvalue weighted by atomic mass is 32.2. The van der Waals surface area contributed by atoms with E-state index in [0.717, 1.165) is 27.8 Å². The van der Waals surface area contributed by atoms with Gasteiger partial charge in [-0.2, -0.15) is 0 Å². The van der Waals surface area contributed by atoms with Gasteiger partial charge in [0.15, 0.2) is 0 Å². The summed E-state index contributed by atoms with van der Waals surface area (Å²) in [5.74, 6) is -0.0764. The van der Waals surface area contributed by atoms with Crippen LogP contribution in [0.5, 0.6) is 0 Å². The SMILES string of the molecule is Cc1ccc(S(=O)(=O)n2c(C3C[C@@]3(CO)c3ccccc3)c(C)c3ccccc32)cc1. The first-order chi connectivity index (χ1) is 14.9. The third kappa shape index (κ3) is 2.95. The molecule has 5 heteroatoms. The number of hydrogen-bond donors (Lipinski definition) is 1. The van der Waals surface area contributed by atoms with Crippen LogP contribution in [0, 0.1) is 13.8 Å². The average molecular weight is 432 g/mol. The summed E-state index contributed by atoms with van der Waals surface area (Å²) in [5, 5.41) is 11.3. The Kier molecular flexibility index (Phi) is 4.57. The highest BCUT2D eigenvalue weighted by Crippen LogP contribution is 2.61. The lowest BCUT2D eigenvalue weighted by atomic mass is 9.92. The van der Waals surface area contributed by atoms with Crippen LogP contribution in [0.4, 0.5) is 0 Å². The van der Waals surface area contributed by atoms with Gasteiger partial charge in [0.1, 0.15) is 0 Å². The number of nitrogens with zero attached hydrogens (tertiary/aromatic N) is 1. The number of aryl methyl sites for hydroxylation is 2. The fraction of sp³-hybridized carbons (Fsp3) is 0.231. The first-order valence-electron chi connectivity index (χ1n) is 10.5. The van der Waals surface area contributed by atoms with Crippen molar-refractivity contribution in [1.29, 1.82) is 0 Å². The fourth-order valence-corrected chi connectivity index (χ4v) is 6.52. The molecule has 0 saturated heterocycles. The van der Waals surface area contributed by atoms with Crippen LogP contribution in [0.2, 0.25) is 0 Å². The van der Waals surface area contributed by atoms with Crippen LogP contribution >= 0.6 is 0 Å². The van der Waals surface area contributed by atoms with E-state index >= 15 is 0 Å². The van der Waals surface area contributed by atoms with E-state index in [1.165, 1.54) is 3.97 Å². The van der Waals surface area contributed by atoms with Crippen LogP contribution in [0.1, 0.15) is 34.7 Å². The van der Waals surface area contributed by atoms with Crippen molar-refractivity contribution in [3.05, 3.63) is 101 Å². The third-order valence-electron chi connectivity index (χ3n) is 6.73. The molecule has 5 rings (SSSR count).